The van der Waals surface area contributed by atoms with E-state index in [0.717, 1.165) is 5.56 Å². The van der Waals surface area contributed by atoms with Gasteiger partial charge in [-0.25, -0.2) is 4.79 Å². The Morgan fingerprint density at radius 3 is 2.45 bits per heavy atom. The molecule has 2 aromatic heterocycles. The SMILES string of the molecule is O=C(O)C(=O)CC(=O)c1ccnn1Cc1ccncc1. The Morgan fingerprint density at radius 1 is 1.10 bits per heavy atom. The first-order chi connectivity index (χ1) is 9.58. The minimum Gasteiger partial charge on any atom is -0.475 e. The molecule has 0 bridgehead atoms. The van der Waals surface area contributed by atoms with Crippen LogP contribution in [0.5, 0.6) is 0 Å². The number of aliphatic carboxylic acids is 1. The van der Waals surface area contributed by atoms with E-state index in [1.807, 2.05) is 0 Å². The first-order valence-electron chi connectivity index (χ1n) is 5.78. The van der Waals surface area contributed by atoms with Crippen molar-refractivity contribution in [2.75, 3.05) is 0 Å². The van der Waals surface area contributed by atoms with Crippen LogP contribution in [0.2, 0.25) is 0 Å². The standard InChI is InChI=1S/C13H11N3O4/c17-11(7-12(18)13(19)20)10-3-6-15-16(10)8-9-1-4-14-5-2-9/h1-6H,7-8H2,(H,19,20). The summed E-state index contributed by atoms with van der Waals surface area (Å²) >= 11 is 0. The molecule has 0 unspecified atom stereocenters. The third-order valence-electron chi connectivity index (χ3n) is 2.64. The lowest BCUT2D eigenvalue weighted by Gasteiger charge is -2.06. The molecule has 0 aliphatic carbocycles. The van der Waals surface area contributed by atoms with Crippen molar-refractivity contribution in [3.8, 4) is 0 Å². The van der Waals surface area contributed by atoms with Gasteiger partial charge in [-0.05, 0) is 23.8 Å². The minimum atomic E-state index is -1.61. The average Bonchev–Trinajstić information content (AvgIpc) is 2.88. The predicted octanol–water partition coefficient (Wildman–Crippen LogP) is 0.553. The van der Waals surface area contributed by atoms with Gasteiger partial charge in [-0.1, -0.05) is 0 Å². The third-order valence-corrected chi connectivity index (χ3v) is 2.64. The van der Waals surface area contributed by atoms with Crippen LogP contribution in [0.4, 0.5) is 0 Å². The zero-order valence-electron chi connectivity index (χ0n) is 10.4. The lowest BCUT2D eigenvalue weighted by molar-refractivity contribution is -0.148. The van der Waals surface area contributed by atoms with Crippen LogP contribution in [0.3, 0.4) is 0 Å². The average molecular weight is 273 g/mol. The van der Waals surface area contributed by atoms with Gasteiger partial charge in [-0.2, -0.15) is 5.10 Å². The molecule has 2 aromatic rings. The fourth-order valence-electron chi connectivity index (χ4n) is 1.67. The smallest absolute Gasteiger partial charge is 0.372 e. The van der Waals surface area contributed by atoms with Crippen LogP contribution in [-0.2, 0) is 16.1 Å². The maximum Gasteiger partial charge on any atom is 0.372 e. The molecule has 0 atom stereocenters. The molecular weight excluding hydrogens is 262 g/mol. The molecule has 0 fully saturated rings. The highest BCUT2D eigenvalue weighted by atomic mass is 16.4. The summed E-state index contributed by atoms with van der Waals surface area (Å²) in [5, 5.41) is 12.5. The Hall–Kier alpha value is -2.83. The number of aromatic nitrogens is 3. The number of hydrogen-bond acceptors (Lipinski definition) is 5. The van der Waals surface area contributed by atoms with E-state index in [-0.39, 0.29) is 5.69 Å². The highest BCUT2D eigenvalue weighted by Crippen LogP contribution is 2.07. The number of hydrogen-bond donors (Lipinski definition) is 1. The molecule has 2 heterocycles. The van der Waals surface area contributed by atoms with Crippen LogP contribution in [0.1, 0.15) is 22.5 Å². The van der Waals surface area contributed by atoms with Crippen molar-refractivity contribution in [1.82, 2.24) is 14.8 Å². The van der Waals surface area contributed by atoms with Gasteiger partial charge in [-0.3, -0.25) is 19.3 Å². The first-order valence-corrected chi connectivity index (χ1v) is 5.78. The molecule has 2 rings (SSSR count). The fourth-order valence-corrected chi connectivity index (χ4v) is 1.67. The van der Waals surface area contributed by atoms with Gasteiger partial charge >= 0.3 is 5.97 Å². The summed E-state index contributed by atoms with van der Waals surface area (Å²) in [6.07, 6.45) is 4.00. The minimum absolute atomic E-state index is 0.205. The van der Waals surface area contributed by atoms with E-state index in [1.165, 1.54) is 16.9 Å². The third kappa shape index (κ3) is 3.14. The molecule has 0 radical (unpaired) electrons. The number of carboxylic acid groups (broad SMARTS) is 1. The molecular formula is C13H11N3O4. The van der Waals surface area contributed by atoms with Crippen LogP contribution >= 0.6 is 0 Å². The zero-order valence-corrected chi connectivity index (χ0v) is 10.4. The largest absolute Gasteiger partial charge is 0.475 e. The van der Waals surface area contributed by atoms with E-state index in [2.05, 4.69) is 10.1 Å². The Bertz CT molecular complexity index is 649. The monoisotopic (exact) mass is 273 g/mol. The number of carbonyl (C=O) groups is 3. The number of ketones is 2. The highest BCUT2D eigenvalue weighted by molar-refractivity contribution is 6.37. The second-order valence-electron chi connectivity index (χ2n) is 4.06. The normalized spacial score (nSPS) is 10.2. The van der Waals surface area contributed by atoms with E-state index < -0.39 is 24.0 Å². The van der Waals surface area contributed by atoms with Gasteiger partial charge in [0, 0.05) is 18.6 Å². The molecule has 0 aliphatic rings. The van der Waals surface area contributed by atoms with Crippen LogP contribution in [0.15, 0.2) is 36.8 Å². The number of nitrogens with zero attached hydrogens (tertiary/aromatic N) is 3. The van der Waals surface area contributed by atoms with Gasteiger partial charge < -0.3 is 5.11 Å². The van der Waals surface area contributed by atoms with Gasteiger partial charge in [-0.15, -0.1) is 0 Å². The van der Waals surface area contributed by atoms with Gasteiger partial charge in [0.1, 0.15) is 5.69 Å². The van der Waals surface area contributed by atoms with Crippen molar-refractivity contribution in [1.29, 1.82) is 0 Å². The second-order valence-corrected chi connectivity index (χ2v) is 4.06. The summed E-state index contributed by atoms with van der Waals surface area (Å²) in [7, 11) is 0. The van der Waals surface area contributed by atoms with Gasteiger partial charge in [0.25, 0.3) is 0 Å². The Morgan fingerprint density at radius 2 is 1.80 bits per heavy atom. The maximum atomic E-state index is 11.9. The van der Waals surface area contributed by atoms with Crippen LogP contribution in [0.25, 0.3) is 0 Å². The lowest BCUT2D eigenvalue weighted by atomic mass is 10.1. The predicted molar refractivity (Wildman–Crippen MR) is 67.2 cm³/mol. The summed E-state index contributed by atoms with van der Waals surface area (Å²) in [5.74, 6) is -3.31. The van der Waals surface area contributed by atoms with E-state index in [9.17, 15) is 14.4 Å². The zero-order chi connectivity index (χ0) is 14.5. The van der Waals surface area contributed by atoms with Crippen molar-refractivity contribution in [2.24, 2.45) is 0 Å². The van der Waals surface area contributed by atoms with Crippen molar-refractivity contribution in [3.63, 3.8) is 0 Å². The Labute approximate surface area is 113 Å². The summed E-state index contributed by atoms with van der Waals surface area (Å²) in [5.41, 5.74) is 1.10. The Kier molecular flexibility index (Phi) is 3.99. The second kappa shape index (κ2) is 5.87. The molecule has 7 nitrogen and oxygen atoms in total. The molecule has 0 saturated carbocycles. The maximum absolute atomic E-state index is 11.9. The van der Waals surface area contributed by atoms with Crippen molar-refractivity contribution < 1.29 is 19.5 Å². The molecule has 1 N–H and O–H groups in total. The van der Waals surface area contributed by atoms with Crippen molar-refractivity contribution in [3.05, 3.63) is 48.0 Å². The molecule has 0 spiro atoms. The molecule has 0 aromatic carbocycles. The molecule has 20 heavy (non-hydrogen) atoms. The lowest BCUT2D eigenvalue weighted by Crippen LogP contribution is -2.19. The summed E-state index contributed by atoms with van der Waals surface area (Å²) in [6, 6.07) is 5.01. The van der Waals surface area contributed by atoms with E-state index in [0.29, 0.717) is 6.54 Å². The molecule has 0 saturated heterocycles. The number of carboxylic acids is 1. The van der Waals surface area contributed by atoms with E-state index >= 15 is 0 Å². The van der Waals surface area contributed by atoms with Crippen LogP contribution in [-0.4, -0.2) is 37.4 Å². The van der Waals surface area contributed by atoms with Crippen LogP contribution < -0.4 is 0 Å². The molecule has 0 amide bonds. The quantitative estimate of drug-likeness (QED) is 0.468. The van der Waals surface area contributed by atoms with Gasteiger partial charge in [0.2, 0.25) is 5.78 Å². The molecule has 102 valence electrons. The Balaban J connectivity index is 2.14. The van der Waals surface area contributed by atoms with Crippen molar-refractivity contribution in [2.45, 2.75) is 13.0 Å². The molecule has 7 heteroatoms. The number of rotatable bonds is 6. The van der Waals surface area contributed by atoms with Gasteiger partial charge in [0.05, 0.1) is 13.0 Å². The topological polar surface area (TPSA) is 102 Å². The van der Waals surface area contributed by atoms with Crippen LogP contribution in [0, 0.1) is 0 Å². The summed E-state index contributed by atoms with van der Waals surface area (Å²) in [6.45, 7) is 0.345. The summed E-state index contributed by atoms with van der Waals surface area (Å²) in [4.78, 5) is 37.3. The fraction of sp³-hybridized carbons (Fsp3) is 0.154. The summed E-state index contributed by atoms with van der Waals surface area (Å²) < 4.78 is 1.42. The van der Waals surface area contributed by atoms with Crippen molar-refractivity contribution >= 4 is 17.5 Å². The van der Waals surface area contributed by atoms with E-state index in [1.54, 1.807) is 24.5 Å². The van der Waals surface area contributed by atoms with E-state index in [4.69, 9.17) is 5.11 Å². The number of carbonyl (C=O) groups excluding carboxylic acids is 2. The number of Topliss-reactive ketones (excluding diaryl/α,β-unsaturated/α-hetero) is 2. The first kappa shape index (κ1) is 13.6. The number of pyridine rings is 1. The molecule has 0 aliphatic heterocycles. The highest BCUT2D eigenvalue weighted by Gasteiger charge is 2.20. The van der Waals surface area contributed by atoms with Gasteiger partial charge in [0.15, 0.2) is 5.78 Å².